The zero-order valence-corrected chi connectivity index (χ0v) is 15.5. The highest BCUT2D eigenvalue weighted by Gasteiger charge is 2.40. The van der Waals surface area contributed by atoms with Gasteiger partial charge in [-0.05, 0) is 20.8 Å². The van der Waals surface area contributed by atoms with E-state index >= 15 is 0 Å². The molecule has 2 fully saturated rings. The van der Waals surface area contributed by atoms with Crippen LogP contribution >= 0.6 is 0 Å². The number of morpholine rings is 1. The van der Waals surface area contributed by atoms with Crippen LogP contribution in [0.2, 0.25) is 0 Å². The Morgan fingerprint density at radius 2 is 2.13 bits per heavy atom. The van der Waals surface area contributed by atoms with Gasteiger partial charge in [-0.15, -0.1) is 0 Å². The van der Waals surface area contributed by atoms with E-state index in [2.05, 4.69) is 22.1 Å². The third kappa shape index (κ3) is 4.36. The van der Waals surface area contributed by atoms with Gasteiger partial charge in [0.2, 0.25) is 0 Å². The van der Waals surface area contributed by atoms with Gasteiger partial charge in [0.15, 0.2) is 15.8 Å². The fourth-order valence-electron chi connectivity index (χ4n) is 3.06. The first-order valence-electron chi connectivity index (χ1n) is 8.26. The maximum atomic E-state index is 12.1. The lowest BCUT2D eigenvalue weighted by atomic mass is 10.2. The molecule has 1 unspecified atom stereocenters. The number of hydrogen-bond donors (Lipinski definition) is 1. The molecule has 8 heteroatoms. The molecule has 2 heterocycles. The molecule has 134 valence electrons. The fourth-order valence-corrected chi connectivity index (χ4v) is 4.43. The van der Waals surface area contributed by atoms with E-state index in [9.17, 15) is 8.42 Å². The van der Waals surface area contributed by atoms with Gasteiger partial charge < -0.3 is 15.0 Å². The number of hydrogen-bond acceptors (Lipinski definition) is 5. The zero-order chi connectivity index (χ0) is 17.1. The summed E-state index contributed by atoms with van der Waals surface area (Å²) in [4.78, 5) is 8.76. The van der Waals surface area contributed by atoms with Crippen LogP contribution in [0.25, 0.3) is 0 Å². The SMILES string of the molecule is CN=C(NCCN1CCOCC1C)N1CCS(=O)(=O)C(C)(C)C1. The summed E-state index contributed by atoms with van der Waals surface area (Å²) < 4.78 is 28.9. The molecular weight excluding hydrogens is 316 g/mol. The number of guanidine groups is 1. The predicted molar refractivity (Wildman–Crippen MR) is 92.7 cm³/mol. The number of nitrogens with zero attached hydrogens (tertiary/aromatic N) is 3. The third-order valence-corrected chi connectivity index (χ3v) is 7.28. The normalized spacial score (nSPS) is 28.6. The lowest BCUT2D eigenvalue weighted by Crippen LogP contribution is -2.58. The predicted octanol–water partition coefficient (Wildman–Crippen LogP) is -0.208. The molecule has 0 aromatic heterocycles. The monoisotopic (exact) mass is 346 g/mol. The Bertz CT molecular complexity index is 533. The molecule has 0 bridgehead atoms. The number of rotatable bonds is 3. The molecule has 0 radical (unpaired) electrons. The molecule has 0 aromatic carbocycles. The van der Waals surface area contributed by atoms with E-state index in [4.69, 9.17) is 4.74 Å². The Labute approximate surface area is 140 Å². The molecule has 1 N–H and O–H groups in total. The molecule has 2 rings (SSSR count). The average Bonchev–Trinajstić information content (AvgIpc) is 2.48. The van der Waals surface area contributed by atoms with Crippen molar-refractivity contribution in [3.8, 4) is 0 Å². The topological polar surface area (TPSA) is 74.2 Å². The number of ether oxygens (including phenoxy) is 1. The van der Waals surface area contributed by atoms with Crippen molar-refractivity contribution in [3.05, 3.63) is 0 Å². The van der Waals surface area contributed by atoms with Crippen LogP contribution in [0.15, 0.2) is 4.99 Å². The van der Waals surface area contributed by atoms with Crippen molar-refractivity contribution < 1.29 is 13.2 Å². The molecule has 0 spiro atoms. The second-order valence-electron chi connectivity index (χ2n) is 6.93. The van der Waals surface area contributed by atoms with Crippen molar-refractivity contribution in [1.82, 2.24) is 15.1 Å². The molecule has 2 aliphatic rings. The van der Waals surface area contributed by atoms with Gasteiger partial charge in [-0.25, -0.2) is 8.42 Å². The van der Waals surface area contributed by atoms with Gasteiger partial charge in [0.1, 0.15) is 0 Å². The average molecular weight is 346 g/mol. The summed E-state index contributed by atoms with van der Waals surface area (Å²) in [5.74, 6) is 0.968. The maximum absolute atomic E-state index is 12.1. The molecule has 0 saturated carbocycles. The van der Waals surface area contributed by atoms with Gasteiger partial charge in [-0.2, -0.15) is 0 Å². The Kier molecular flexibility index (Phi) is 5.91. The van der Waals surface area contributed by atoms with Crippen LogP contribution in [0.4, 0.5) is 0 Å². The van der Waals surface area contributed by atoms with E-state index < -0.39 is 14.6 Å². The first-order chi connectivity index (χ1) is 10.8. The van der Waals surface area contributed by atoms with E-state index in [1.165, 1.54) is 0 Å². The Morgan fingerprint density at radius 1 is 1.39 bits per heavy atom. The minimum absolute atomic E-state index is 0.182. The molecule has 2 aliphatic heterocycles. The van der Waals surface area contributed by atoms with Crippen molar-refractivity contribution >= 4 is 15.8 Å². The summed E-state index contributed by atoms with van der Waals surface area (Å²) in [6, 6.07) is 0.437. The van der Waals surface area contributed by atoms with Crippen LogP contribution in [-0.4, -0.2) is 93.7 Å². The van der Waals surface area contributed by atoms with E-state index in [1.807, 2.05) is 4.90 Å². The number of sulfone groups is 1. The minimum atomic E-state index is -3.03. The van der Waals surface area contributed by atoms with Crippen molar-refractivity contribution in [2.45, 2.75) is 31.6 Å². The molecule has 7 nitrogen and oxygen atoms in total. The minimum Gasteiger partial charge on any atom is -0.379 e. The van der Waals surface area contributed by atoms with Crippen LogP contribution in [0.1, 0.15) is 20.8 Å². The summed E-state index contributed by atoms with van der Waals surface area (Å²) in [6.45, 7) is 11.0. The Morgan fingerprint density at radius 3 is 2.74 bits per heavy atom. The lowest BCUT2D eigenvalue weighted by molar-refractivity contribution is 0.000823. The molecule has 2 saturated heterocycles. The fraction of sp³-hybridized carbons (Fsp3) is 0.933. The largest absolute Gasteiger partial charge is 0.379 e. The van der Waals surface area contributed by atoms with E-state index in [1.54, 1.807) is 20.9 Å². The third-order valence-electron chi connectivity index (χ3n) is 4.74. The highest BCUT2D eigenvalue weighted by Crippen LogP contribution is 2.23. The summed E-state index contributed by atoms with van der Waals surface area (Å²) in [5.41, 5.74) is 0. The highest BCUT2D eigenvalue weighted by molar-refractivity contribution is 7.92. The van der Waals surface area contributed by atoms with Gasteiger partial charge in [-0.3, -0.25) is 9.89 Å². The first-order valence-corrected chi connectivity index (χ1v) is 9.92. The van der Waals surface area contributed by atoms with Crippen LogP contribution in [-0.2, 0) is 14.6 Å². The smallest absolute Gasteiger partial charge is 0.193 e. The maximum Gasteiger partial charge on any atom is 0.193 e. The summed E-state index contributed by atoms with van der Waals surface area (Å²) in [5, 5.41) is 3.37. The van der Waals surface area contributed by atoms with Crippen LogP contribution in [0.3, 0.4) is 0 Å². The molecule has 1 atom stereocenters. The molecule has 0 aromatic rings. The van der Waals surface area contributed by atoms with E-state index in [0.29, 0.717) is 19.1 Å². The van der Waals surface area contributed by atoms with Crippen molar-refractivity contribution in [3.63, 3.8) is 0 Å². The van der Waals surface area contributed by atoms with Crippen molar-refractivity contribution in [1.29, 1.82) is 0 Å². The summed E-state index contributed by atoms with van der Waals surface area (Å²) >= 11 is 0. The van der Waals surface area contributed by atoms with Crippen LogP contribution in [0.5, 0.6) is 0 Å². The molecular formula is C15H30N4O3S. The quantitative estimate of drug-likeness (QED) is 0.563. The van der Waals surface area contributed by atoms with Crippen LogP contribution < -0.4 is 5.32 Å². The number of nitrogens with one attached hydrogen (secondary N) is 1. The lowest BCUT2D eigenvalue weighted by Gasteiger charge is -2.39. The van der Waals surface area contributed by atoms with Gasteiger partial charge in [0.25, 0.3) is 0 Å². The summed E-state index contributed by atoms with van der Waals surface area (Å²) in [7, 11) is -1.28. The molecule has 0 aliphatic carbocycles. The molecule has 23 heavy (non-hydrogen) atoms. The van der Waals surface area contributed by atoms with Gasteiger partial charge in [0.05, 0.1) is 23.7 Å². The first kappa shape index (κ1) is 18.5. The Hall–Kier alpha value is -0.860. The second-order valence-corrected chi connectivity index (χ2v) is 9.68. The second kappa shape index (κ2) is 7.36. The standard InChI is InChI=1S/C15H30N4O3S/c1-13-11-22-9-7-18(13)6-5-17-14(16-4)19-8-10-23(20,21)15(2,3)12-19/h13H,5-12H2,1-4H3,(H,16,17). The van der Waals surface area contributed by atoms with Gasteiger partial charge >= 0.3 is 0 Å². The van der Waals surface area contributed by atoms with Crippen molar-refractivity contribution in [2.24, 2.45) is 4.99 Å². The van der Waals surface area contributed by atoms with E-state index in [-0.39, 0.29) is 5.75 Å². The number of aliphatic imine (C=N–C) groups is 1. The van der Waals surface area contributed by atoms with E-state index in [0.717, 1.165) is 38.8 Å². The van der Waals surface area contributed by atoms with Crippen LogP contribution in [0, 0.1) is 0 Å². The highest BCUT2D eigenvalue weighted by atomic mass is 32.2. The van der Waals surface area contributed by atoms with Gasteiger partial charge in [-0.1, -0.05) is 0 Å². The zero-order valence-electron chi connectivity index (χ0n) is 14.7. The van der Waals surface area contributed by atoms with Gasteiger partial charge in [0, 0.05) is 45.8 Å². The Balaban J connectivity index is 1.86. The summed E-state index contributed by atoms with van der Waals surface area (Å²) in [6.07, 6.45) is 0. The molecule has 0 amide bonds. The van der Waals surface area contributed by atoms with Crippen molar-refractivity contribution in [2.75, 3.05) is 58.7 Å².